The third-order valence-corrected chi connectivity index (χ3v) is 2.25. The van der Waals surface area contributed by atoms with Gasteiger partial charge in [-0.25, -0.2) is 4.79 Å². The van der Waals surface area contributed by atoms with Crippen LogP contribution in [0.3, 0.4) is 0 Å². The molecule has 0 amide bonds. The largest absolute Gasteiger partial charge is 0.487 e. The molecule has 1 aromatic heterocycles. The molecule has 0 aliphatic carbocycles. The summed E-state index contributed by atoms with van der Waals surface area (Å²) in [5.41, 5.74) is 0.590. The van der Waals surface area contributed by atoms with Crippen molar-refractivity contribution in [1.29, 1.82) is 0 Å². The molecule has 88 valence electrons. The molecule has 0 fully saturated rings. The van der Waals surface area contributed by atoms with Gasteiger partial charge in [0.25, 0.3) is 0 Å². The molecular weight excluding hydrogens is 220 g/mol. The molecule has 5 heteroatoms. The van der Waals surface area contributed by atoms with Crippen LogP contribution in [0.5, 0.6) is 5.75 Å². The van der Waals surface area contributed by atoms with Crippen LogP contribution in [0.25, 0.3) is 0 Å². The fourth-order valence-corrected chi connectivity index (χ4v) is 1.49. The lowest BCUT2D eigenvalue weighted by Crippen LogP contribution is -2.04. The molecule has 2 aromatic rings. The Morgan fingerprint density at radius 2 is 2.12 bits per heavy atom. The van der Waals surface area contributed by atoms with Crippen LogP contribution in [-0.2, 0) is 13.7 Å². The highest BCUT2D eigenvalue weighted by molar-refractivity contribution is 5.88. The molecule has 0 radical (unpaired) electrons. The summed E-state index contributed by atoms with van der Waals surface area (Å²) in [6.45, 7) is 0.145. The summed E-state index contributed by atoms with van der Waals surface area (Å²) < 4.78 is 6.92. The minimum atomic E-state index is -0.996. The van der Waals surface area contributed by atoms with E-state index in [0.29, 0.717) is 11.4 Å². The van der Waals surface area contributed by atoms with Gasteiger partial charge in [-0.1, -0.05) is 18.2 Å². The molecule has 0 spiro atoms. The van der Waals surface area contributed by atoms with Gasteiger partial charge in [0.15, 0.2) is 0 Å². The van der Waals surface area contributed by atoms with Crippen molar-refractivity contribution in [1.82, 2.24) is 9.78 Å². The van der Waals surface area contributed by atoms with E-state index in [1.807, 2.05) is 30.3 Å². The van der Waals surface area contributed by atoms with Crippen LogP contribution in [0.1, 0.15) is 16.1 Å². The Morgan fingerprint density at radius 1 is 1.41 bits per heavy atom. The van der Waals surface area contributed by atoms with Gasteiger partial charge in [-0.2, -0.15) is 5.10 Å². The molecule has 2 rings (SSSR count). The smallest absolute Gasteiger partial charge is 0.339 e. The molecule has 0 saturated carbocycles. The zero-order valence-electron chi connectivity index (χ0n) is 9.33. The molecule has 0 aliphatic heterocycles. The van der Waals surface area contributed by atoms with E-state index < -0.39 is 5.97 Å². The van der Waals surface area contributed by atoms with E-state index in [1.54, 1.807) is 7.05 Å². The summed E-state index contributed by atoms with van der Waals surface area (Å²) in [6, 6.07) is 9.21. The molecule has 17 heavy (non-hydrogen) atoms. The number of hydrogen-bond donors (Lipinski definition) is 1. The molecule has 0 atom stereocenters. The fourth-order valence-electron chi connectivity index (χ4n) is 1.49. The maximum absolute atomic E-state index is 10.9. The minimum absolute atomic E-state index is 0.145. The van der Waals surface area contributed by atoms with Crippen molar-refractivity contribution < 1.29 is 14.6 Å². The van der Waals surface area contributed by atoms with E-state index in [4.69, 9.17) is 9.84 Å². The van der Waals surface area contributed by atoms with E-state index in [2.05, 4.69) is 5.10 Å². The second kappa shape index (κ2) is 4.69. The third-order valence-electron chi connectivity index (χ3n) is 2.25. The second-order valence-corrected chi connectivity index (χ2v) is 3.57. The monoisotopic (exact) mass is 232 g/mol. The Hall–Kier alpha value is -2.30. The van der Waals surface area contributed by atoms with Crippen molar-refractivity contribution in [2.75, 3.05) is 0 Å². The summed E-state index contributed by atoms with van der Waals surface area (Å²) in [4.78, 5) is 10.9. The van der Waals surface area contributed by atoms with E-state index in [9.17, 15) is 4.79 Å². The summed E-state index contributed by atoms with van der Waals surface area (Å²) in [6.07, 6.45) is 1.46. The third kappa shape index (κ3) is 2.63. The fraction of sp³-hybridized carbons (Fsp3) is 0.167. The van der Waals surface area contributed by atoms with E-state index in [1.165, 1.54) is 10.9 Å². The molecule has 0 saturated heterocycles. The van der Waals surface area contributed by atoms with Crippen molar-refractivity contribution >= 4 is 5.97 Å². The maximum atomic E-state index is 10.9. The van der Waals surface area contributed by atoms with Gasteiger partial charge < -0.3 is 9.84 Å². The van der Waals surface area contributed by atoms with Crippen LogP contribution >= 0.6 is 0 Å². The molecule has 0 aliphatic rings. The first-order valence-electron chi connectivity index (χ1n) is 5.10. The number of carboxylic acid groups (broad SMARTS) is 1. The average molecular weight is 232 g/mol. The van der Waals surface area contributed by atoms with Crippen LogP contribution in [0.2, 0.25) is 0 Å². The number of aromatic carboxylic acids is 1. The second-order valence-electron chi connectivity index (χ2n) is 3.57. The van der Waals surface area contributed by atoms with E-state index in [-0.39, 0.29) is 12.2 Å². The molecule has 0 unspecified atom stereocenters. The molecule has 1 N–H and O–H groups in total. The number of aryl methyl sites for hydroxylation is 1. The van der Waals surface area contributed by atoms with Crippen molar-refractivity contribution in [3.8, 4) is 5.75 Å². The topological polar surface area (TPSA) is 64.4 Å². The number of hydrogen-bond acceptors (Lipinski definition) is 3. The Labute approximate surface area is 98.3 Å². The van der Waals surface area contributed by atoms with Gasteiger partial charge in [0.2, 0.25) is 0 Å². The maximum Gasteiger partial charge on any atom is 0.339 e. The predicted octanol–water partition coefficient (Wildman–Crippen LogP) is 1.70. The molecular formula is C12H12N2O3. The molecule has 0 bridgehead atoms. The number of nitrogens with zero attached hydrogens (tertiary/aromatic N) is 2. The lowest BCUT2D eigenvalue weighted by atomic mass is 10.2. The van der Waals surface area contributed by atoms with E-state index >= 15 is 0 Å². The van der Waals surface area contributed by atoms with Crippen LogP contribution in [0.15, 0.2) is 36.5 Å². The van der Waals surface area contributed by atoms with Crippen molar-refractivity contribution in [3.05, 3.63) is 47.8 Å². The van der Waals surface area contributed by atoms with Gasteiger partial charge in [0, 0.05) is 13.2 Å². The number of para-hydroxylation sites is 1. The van der Waals surface area contributed by atoms with Gasteiger partial charge in [-0.05, 0) is 12.1 Å². The zero-order valence-corrected chi connectivity index (χ0v) is 9.33. The highest BCUT2D eigenvalue weighted by Gasteiger charge is 2.14. The Morgan fingerprint density at radius 3 is 2.76 bits per heavy atom. The Bertz CT molecular complexity index is 520. The minimum Gasteiger partial charge on any atom is -0.487 e. The van der Waals surface area contributed by atoms with Crippen molar-refractivity contribution in [2.24, 2.45) is 7.05 Å². The summed E-state index contributed by atoms with van der Waals surface area (Å²) in [5.74, 6) is -0.306. The van der Waals surface area contributed by atoms with Crippen LogP contribution in [-0.4, -0.2) is 20.9 Å². The summed E-state index contributed by atoms with van der Waals surface area (Å²) >= 11 is 0. The number of aromatic nitrogens is 2. The summed E-state index contributed by atoms with van der Waals surface area (Å²) in [7, 11) is 1.68. The normalized spacial score (nSPS) is 10.2. The van der Waals surface area contributed by atoms with Crippen LogP contribution < -0.4 is 4.74 Å². The van der Waals surface area contributed by atoms with Crippen molar-refractivity contribution in [3.63, 3.8) is 0 Å². The average Bonchev–Trinajstić information content (AvgIpc) is 2.69. The van der Waals surface area contributed by atoms with Crippen molar-refractivity contribution in [2.45, 2.75) is 6.61 Å². The van der Waals surface area contributed by atoms with Gasteiger partial charge >= 0.3 is 5.97 Å². The van der Waals surface area contributed by atoms with Gasteiger partial charge in [-0.3, -0.25) is 4.68 Å². The zero-order chi connectivity index (χ0) is 12.3. The van der Waals surface area contributed by atoms with Gasteiger partial charge in [-0.15, -0.1) is 0 Å². The SMILES string of the molecule is Cn1cc(C(=O)O)c(COc2ccccc2)n1. The number of carbonyl (C=O) groups is 1. The van der Waals surface area contributed by atoms with Crippen LogP contribution in [0.4, 0.5) is 0 Å². The molecule has 1 aromatic carbocycles. The van der Waals surface area contributed by atoms with Gasteiger partial charge in [0.05, 0.1) is 0 Å². The number of carboxylic acids is 1. The number of ether oxygens (including phenoxy) is 1. The highest BCUT2D eigenvalue weighted by Crippen LogP contribution is 2.13. The predicted molar refractivity (Wildman–Crippen MR) is 60.9 cm³/mol. The lowest BCUT2D eigenvalue weighted by Gasteiger charge is -2.03. The number of rotatable bonds is 4. The Kier molecular flexibility index (Phi) is 3.09. The first-order chi connectivity index (χ1) is 8.16. The first kappa shape index (κ1) is 11.2. The first-order valence-corrected chi connectivity index (χ1v) is 5.10. The van der Waals surface area contributed by atoms with Gasteiger partial charge in [0.1, 0.15) is 23.6 Å². The van der Waals surface area contributed by atoms with Crippen LogP contribution in [0, 0.1) is 0 Å². The highest BCUT2D eigenvalue weighted by atomic mass is 16.5. The quantitative estimate of drug-likeness (QED) is 0.871. The molecule has 5 nitrogen and oxygen atoms in total. The summed E-state index contributed by atoms with van der Waals surface area (Å²) in [5, 5.41) is 13.0. The molecule has 1 heterocycles. The number of benzene rings is 1. The van der Waals surface area contributed by atoms with E-state index in [0.717, 1.165) is 0 Å². The Balaban J connectivity index is 2.11. The standard InChI is InChI=1S/C12H12N2O3/c1-14-7-10(12(15)16)11(13-14)8-17-9-5-3-2-4-6-9/h2-7H,8H2,1H3,(H,15,16). The lowest BCUT2D eigenvalue weighted by molar-refractivity contribution is 0.0694.